The van der Waals surface area contributed by atoms with Gasteiger partial charge in [0.25, 0.3) is 0 Å². The molecule has 0 radical (unpaired) electrons. The van der Waals surface area contributed by atoms with Crippen LogP contribution in [0.3, 0.4) is 0 Å². The molecule has 0 aliphatic heterocycles. The molecule has 0 aliphatic carbocycles. The second kappa shape index (κ2) is 43.5. The maximum Gasteiger partial charge on any atom is 0.305 e. The molecule has 5 nitrogen and oxygen atoms in total. The molecule has 0 rings (SSSR count). The van der Waals surface area contributed by atoms with E-state index in [9.17, 15) is 9.59 Å². The highest BCUT2D eigenvalue weighted by Gasteiger charge is 2.14. The van der Waals surface area contributed by atoms with E-state index in [4.69, 9.17) is 9.47 Å². The van der Waals surface area contributed by atoms with E-state index in [2.05, 4.69) is 46.4 Å². The number of ether oxygens (including phenoxy) is 2. The van der Waals surface area contributed by atoms with Gasteiger partial charge in [0, 0.05) is 12.8 Å². The van der Waals surface area contributed by atoms with E-state index in [1.807, 2.05) is 0 Å². The number of hydrogen-bond donors (Lipinski definition) is 0. The summed E-state index contributed by atoms with van der Waals surface area (Å²) in [4.78, 5) is 27.3. The second-order valence-electron chi connectivity index (χ2n) is 17.7. The van der Waals surface area contributed by atoms with Crippen molar-refractivity contribution in [2.75, 3.05) is 32.8 Å². The van der Waals surface area contributed by atoms with Crippen LogP contribution in [-0.4, -0.2) is 49.7 Å². The molecule has 0 amide bonds. The van der Waals surface area contributed by atoms with Crippen LogP contribution >= 0.6 is 0 Å². The normalized spacial score (nSPS) is 11.8. The molecule has 0 atom stereocenters. The lowest BCUT2D eigenvalue weighted by Gasteiger charge is -2.23. The van der Waals surface area contributed by atoms with Gasteiger partial charge in [0.15, 0.2) is 0 Å². The lowest BCUT2D eigenvalue weighted by Crippen LogP contribution is -2.25. The zero-order chi connectivity index (χ0) is 41.2. The predicted octanol–water partition coefficient (Wildman–Crippen LogP) is 16.0. The molecule has 0 aromatic carbocycles. The van der Waals surface area contributed by atoms with Gasteiger partial charge in [-0.3, -0.25) is 9.59 Å². The first-order valence-electron chi connectivity index (χ1n) is 25.5. The highest BCUT2D eigenvalue weighted by Crippen LogP contribution is 2.25. The molecule has 0 aromatic rings. The summed E-state index contributed by atoms with van der Waals surface area (Å²) in [7, 11) is 0. The fourth-order valence-corrected chi connectivity index (χ4v) is 8.58. The number of nitrogens with zero attached hydrogens (tertiary/aromatic N) is 1. The van der Waals surface area contributed by atoms with E-state index in [1.165, 1.54) is 180 Å². The van der Waals surface area contributed by atoms with Gasteiger partial charge in [0.1, 0.15) is 0 Å². The van der Waals surface area contributed by atoms with Crippen LogP contribution in [0.1, 0.15) is 266 Å². The van der Waals surface area contributed by atoms with Gasteiger partial charge >= 0.3 is 11.9 Å². The van der Waals surface area contributed by atoms with Gasteiger partial charge in [-0.1, -0.05) is 221 Å². The van der Waals surface area contributed by atoms with Crippen LogP contribution in [0.15, 0.2) is 0 Å². The van der Waals surface area contributed by atoms with Crippen LogP contribution in [0.5, 0.6) is 0 Å². The molecular weight excluding hydrogens is 691 g/mol. The Kier molecular flexibility index (Phi) is 42.6. The van der Waals surface area contributed by atoms with E-state index in [-0.39, 0.29) is 11.9 Å². The van der Waals surface area contributed by atoms with Crippen molar-refractivity contribution in [1.29, 1.82) is 0 Å². The van der Waals surface area contributed by atoms with Gasteiger partial charge in [0.2, 0.25) is 0 Å². The number of rotatable bonds is 45. The molecular formula is C51H101NO4. The molecule has 0 spiro atoms. The molecule has 0 saturated carbocycles. The Morgan fingerprint density at radius 2 is 0.643 bits per heavy atom. The predicted molar refractivity (Wildman–Crippen MR) is 244 cm³/mol. The minimum absolute atomic E-state index is 0.0201. The van der Waals surface area contributed by atoms with Crippen molar-refractivity contribution in [2.24, 2.45) is 17.8 Å². The molecule has 56 heavy (non-hydrogen) atoms. The summed E-state index contributed by atoms with van der Waals surface area (Å²) in [6, 6.07) is 0. The summed E-state index contributed by atoms with van der Waals surface area (Å²) in [5, 5.41) is 0. The third-order valence-electron chi connectivity index (χ3n) is 12.7. The summed E-state index contributed by atoms with van der Waals surface area (Å²) >= 11 is 0. The summed E-state index contributed by atoms with van der Waals surface area (Å²) in [6.45, 7) is 18.5. The summed E-state index contributed by atoms with van der Waals surface area (Å²) < 4.78 is 11.3. The SMILES string of the molecule is CCCCCC(CCCCC)CCOC(=O)CCCCCCCCC(CCCCCCCCC(=O)OCCC(CCCCC)CCCCC)CCN(CC)CC. The molecule has 0 bridgehead atoms. The van der Waals surface area contributed by atoms with Gasteiger partial charge in [0.05, 0.1) is 13.2 Å². The number of esters is 2. The van der Waals surface area contributed by atoms with E-state index in [0.29, 0.717) is 26.1 Å². The van der Waals surface area contributed by atoms with Crippen LogP contribution in [0.4, 0.5) is 0 Å². The minimum atomic E-state index is 0.0201. The molecule has 0 saturated heterocycles. The number of hydrogen-bond acceptors (Lipinski definition) is 5. The van der Waals surface area contributed by atoms with Crippen LogP contribution < -0.4 is 0 Å². The average molecular weight is 792 g/mol. The fourth-order valence-electron chi connectivity index (χ4n) is 8.58. The van der Waals surface area contributed by atoms with E-state index < -0.39 is 0 Å². The molecule has 5 heteroatoms. The van der Waals surface area contributed by atoms with Crippen LogP contribution in [0.2, 0.25) is 0 Å². The van der Waals surface area contributed by atoms with Crippen LogP contribution in [0, 0.1) is 17.8 Å². The second-order valence-corrected chi connectivity index (χ2v) is 17.7. The molecule has 0 fully saturated rings. The maximum absolute atomic E-state index is 12.4. The number of unbranched alkanes of at least 4 members (excludes halogenated alkanes) is 18. The monoisotopic (exact) mass is 792 g/mol. The van der Waals surface area contributed by atoms with Crippen molar-refractivity contribution in [3.8, 4) is 0 Å². The summed E-state index contributed by atoms with van der Waals surface area (Å²) in [5.74, 6) is 2.34. The Balaban J connectivity index is 4.15. The van der Waals surface area contributed by atoms with Crippen molar-refractivity contribution in [3.63, 3.8) is 0 Å². The Bertz CT molecular complexity index is 736. The Labute approximate surface area is 351 Å². The Hall–Kier alpha value is -1.10. The van der Waals surface area contributed by atoms with Gasteiger partial charge < -0.3 is 14.4 Å². The van der Waals surface area contributed by atoms with Crippen molar-refractivity contribution in [2.45, 2.75) is 266 Å². The first-order valence-corrected chi connectivity index (χ1v) is 25.5. The Morgan fingerprint density at radius 3 is 0.964 bits per heavy atom. The van der Waals surface area contributed by atoms with Crippen molar-refractivity contribution >= 4 is 11.9 Å². The highest BCUT2D eigenvalue weighted by molar-refractivity contribution is 5.69. The zero-order valence-corrected chi connectivity index (χ0v) is 39.1. The van der Waals surface area contributed by atoms with E-state index in [1.54, 1.807) is 0 Å². The first kappa shape index (κ1) is 54.9. The molecule has 334 valence electrons. The number of carbonyl (C=O) groups excluding carboxylic acids is 2. The van der Waals surface area contributed by atoms with Crippen LogP contribution in [-0.2, 0) is 19.1 Å². The molecule has 0 aliphatic rings. The van der Waals surface area contributed by atoms with Gasteiger partial charge in [-0.05, 0) is 69.5 Å². The van der Waals surface area contributed by atoms with E-state index >= 15 is 0 Å². The minimum Gasteiger partial charge on any atom is -0.466 e. The molecule has 0 N–H and O–H groups in total. The fraction of sp³-hybridized carbons (Fsp3) is 0.961. The van der Waals surface area contributed by atoms with E-state index in [0.717, 1.165) is 69.4 Å². The standard InChI is InChI=1S/C51H101NO4/c1-7-13-25-33-48(34-26-14-8-2)42-45-55-50(53)39-31-23-19-17-21-29-37-47(41-44-52(11-5)12-6)38-30-22-18-20-24-32-40-51(54)56-46-43-49(35-27-15-9-3)36-28-16-10-4/h47-49H,7-46H2,1-6H3. The lowest BCUT2D eigenvalue weighted by atomic mass is 9.91. The largest absolute Gasteiger partial charge is 0.466 e. The number of carbonyl (C=O) groups is 2. The molecule has 0 heterocycles. The van der Waals surface area contributed by atoms with Gasteiger partial charge in [-0.2, -0.15) is 0 Å². The Morgan fingerprint density at radius 1 is 0.357 bits per heavy atom. The smallest absolute Gasteiger partial charge is 0.305 e. The first-order chi connectivity index (χ1) is 27.4. The quantitative estimate of drug-likeness (QED) is 0.0454. The van der Waals surface area contributed by atoms with Crippen LogP contribution in [0.25, 0.3) is 0 Å². The van der Waals surface area contributed by atoms with Crippen molar-refractivity contribution in [3.05, 3.63) is 0 Å². The summed E-state index contributed by atoms with van der Waals surface area (Å²) in [6.07, 6.45) is 42.9. The van der Waals surface area contributed by atoms with Crippen molar-refractivity contribution < 1.29 is 19.1 Å². The summed E-state index contributed by atoms with van der Waals surface area (Å²) in [5.41, 5.74) is 0. The van der Waals surface area contributed by atoms with Gasteiger partial charge in [-0.15, -0.1) is 0 Å². The lowest BCUT2D eigenvalue weighted by molar-refractivity contribution is -0.145. The maximum atomic E-state index is 12.4. The molecule has 0 aromatic heterocycles. The third kappa shape index (κ3) is 37.2. The topological polar surface area (TPSA) is 55.8 Å². The third-order valence-corrected chi connectivity index (χ3v) is 12.7. The highest BCUT2D eigenvalue weighted by atomic mass is 16.5. The average Bonchev–Trinajstić information content (AvgIpc) is 3.19. The molecule has 0 unspecified atom stereocenters. The van der Waals surface area contributed by atoms with Crippen molar-refractivity contribution in [1.82, 2.24) is 4.90 Å². The van der Waals surface area contributed by atoms with Gasteiger partial charge in [-0.25, -0.2) is 0 Å². The zero-order valence-electron chi connectivity index (χ0n) is 39.1.